The van der Waals surface area contributed by atoms with Gasteiger partial charge in [0.2, 0.25) is 0 Å². The van der Waals surface area contributed by atoms with E-state index in [0.29, 0.717) is 11.3 Å². The SMILES string of the molecule is CCOC(=O)c1cc([N+](=O)[O-])sc1NC(=O)c1ccc(S(C)(=O)=O)cc1. The highest BCUT2D eigenvalue weighted by molar-refractivity contribution is 7.90. The second-order valence-electron chi connectivity index (χ2n) is 5.06. The van der Waals surface area contributed by atoms with E-state index < -0.39 is 26.6 Å². The molecule has 2 rings (SSSR count). The third-order valence-electron chi connectivity index (χ3n) is 3.17. The van der Waals surface area contributed by atoms with Crippen molar-refractivity contribution in [3.05, 3.63) is 51.6 Å². The first-order valence-electron chi connectivity index (χ1n) is 7.20. The fourth-order valence-electron chi connectivity index (χ4n) is 1.95. The summed E-state index contributed by atoms with van der Waals surface area (Å²) in [5.74, 6) is -1.44. The first-order valence-corrected chi connectivity index (χ1v) is 9.91. The fraction of sp³-hybridized carbons (Fsp3) is 0.200. The minimum Gasteiger partial charge on any atom is -0.462 e. The molecule has 0 saturated carbocycles. The van der Waals surface area contributed by atoms with Gasteiger partial charge >= 0.3 is 11.0 Å². The maximum absolute atomic E-state index is 12.3. The highest BCUT2D eigenvalue weighted by Crippen LogP contribution is 2.34. The van der Waals surface area contributed by atoms with Crippen molar-refractivity contribution in [3.63, 3.8) is 0 Å². The average molecular weight is 398 g/mol. The minimum absolute atomic E-state index is 0.0210. The van der Waals surface area contributed by atoms with Gasteiger partial charge in [-0.1, -0.05) is 0 Å². The van der Waals surface area contributed by atoms with E-state index in [-0.39, 0.29) is 32.6 Å². The van der Waals surface area contributed by atoms with E-state index in [4.69, 9.17) is 4.74 Å². The van der Waals surface area contributed by atoms with Crippen LogP contribution in [0, 0.1) is 10.1 Å². The highest BCUT2D eigenvalue weighted by Gasteiger charge is 2.24. The summed E-state index contributed by atoms with van der Waals surface area (Å²) in [6.07, 6.45) is 1.04. The summed E-state index contributed by atoms with van der Waals surface area (Å²) in [7, 11) is -3.40. The quantitative estimate of drug-likeness (QED) is 0.449. The van der Waals surface area contributed by atoms with Gasteiger partial charge in [0, 0.05) is 17.9 Å². The lowest BCUT2D eigenvalue weighted by molar-refractivity contribution is -0.380. The van der Waals surface area contributed by atoms with Crippen LogP contribution < -0.4 is 5.32 Å². The van der Waals surface area contributed by atoms with Crippen LogP contribution in [0.1, 0.15) is 27.6 Å². The Morgan fingerprint density at radius 2 is 1.88 bits per heavy atom. The molecule has 11 heteroatoms. The second-order valence-corrected chi connectivity index (χ2v) is 8.10. The molecule has 0 unspecified atom stereocenters. The van der Waals surface area contributed by atoms with Gasteiger partial charge in [-0.3, -0.25) is 14.9 Å². The summed E-state index contributed by atoms with van der Waals surface area (Å²) < 4.78 is 27.7. The molecule has 0 saturated heterocycles. The maximum atomic E-state index is 12.3. The van der Waals surface area contributed by atoms with Crippen LogP contribution >= 0.6 is 11.3 Å². The molecule has 1 heterocycles. The van der Waals surface area contributed by atoms with Crippen molar-refractivity contribution in [2.45, 2.75) is 11.8 Å². The molecule has 0 atom stereocenters. The zero-order valence-electron chi connectivity index (χ0n) is 13.7. The predicted octanol–water partition coefficient (Wildman–Crippen LogP) is 2.49. The van der Waals surface area contributed by atoms with Gasteiger partial charge in [0.1, 0.15) is 10.6 Å². The van der Waals surface area contributed by atoms with Crippen LogP contribution in [0.25, 0.3) is 0 Å². The second kappa shape index (κ2) is 7.62. The van der Waals surface area contributed by atoms with Crippen LogP contribution in [-0.2, 0) is 14.6 Å². The van der Waals surface area contributed by atoms with E-state index in [2.05, 4.69) is 5.32 Å². The Balaban J connectivity index is 2.30. The third-order valence-corrected chi connectivity index (χ3v) is 5.30. The number of carbonyl (C=O) groups excluding carboxylic acids is 2. The molecule has 0 spiro atoms. The summed E-state index contributed by atoms with van der Waals surface area (Å²) in [4.78, 5) is 34.5. The lowest BCUT2D eigenvalue weighted by Crippen LogP contribution is -2.14. The number of esters is 1. The van der Waals surface area contributed by atoms with Gasteiger partial charge in [0.25, 0.3) is 5.91 Å². The van der Waals surface area contributed by atoms with Gasteiger partial charge in [-0.05, 0) is 42.5 Å². The number of benzene rings is 1. The Hall–Kier alpha value is -2.79. The topological polar surface area (TPSA) is 133 Å². The van der Waals surface area contributed by atoms with E-state index in [0.717, 1.165) is 12.3 Å². The van der Waals surface area contributed by atoms with Crippen molar-refractivity contribution in [2.24, 2.45) is 0 Å². The van der Waals surface area contributed by atoms with Crippen LogP contribution in [0.15, 0.2) is 35.2 Å². The summed E-state index contributed by atoms with van der Waals surface area (Å²) in [5.41, 5.74) is 0.00733. The van der Waals surface area contributed by atoms with Crippen molar-refractivity contribution in [2.75, 3.05) is 18.2 Å². The number of thiophene rings is 1. The molecule has 0 aliphatic carbocycles. The number of nitro groups is 1. The average Bonchev–Trinajstić information content (AvgIpc) is 2.98. The molecule has 0 bridgehead atoms. The molecule has 138 valence electrons. The number of anilines is 1. The van der Waals surface area contributed by atoms with Gasteiger partial charge in [-0.15, -0.1) is 0 Å². The van der Waals surface area contributed by atoms with E-state index in [9.17, 15) is 28.1 Å². The summed E-state index contributed by atoms with van der Waals surface area (Å²) >= 11 is 0.624. The number of nitrogens with zero attached hydrogens (tertiary/aromatic N) is 1. The molecular formula is C15H14N2O7S2. The molecule has 0 aliphatic rings. The number of ether oxygens (including phenoxy) is 1. The Morgan fingerprint density at radius 1 is 1.27 bits per heavy atom. The summed E-state index contributed by atoms with van der Waals surface area (Å²) in [6, 6.07) is 6.18. The largest absolute Gasteiger partial charge is 0.462 e. The predicted molar refractivity (Wildman–Crippen MR) is 94.4 cm³/mol. The zero-order chi connectivity index (χ0) is 19.5. The number of hydrogen-bond donors (Lipinski definition) is 1. The van der Waals surface area contributed by atoms with Crippen LogP contribution in [-0.4, -0.2) is 38.1 Å². The van der Waals surface area contributed by atoms with E-state index in [1.54, 1.807) is 6.92 Å². The smallest absolute Gasteiger partial charge is 0.341 e. The van der Waals surface area contributed by atoms with Gasteiger partial charge in [0.05, 0.1) is 16.4 Å². The molecule has 1 amide bonds. The van der Waals surface area contributed by atoms with Crippen molar-refractivity contribution in [3.8, 4) is 0 Å². The molecule has 9 nitrogen and oxygen atoms in total. The van der Waals surface area contributed by atoms with Crippen LogP contribution in [0.3, 0.4) is 0 Å². The monoisotopic (exact) mass is 398 g/mol. The Bertz CT molecular complexity index is 962. The number of hydrogen-bond acceptors (Lipinski definition) is 8. The highest BCUT2D eigenvalue weighted by atomic mass is 32.2. The van der Waals surface area contributed by atoms with Crippen molar-refractivity contribution >= 4 is 43.1 Å². The number of rotatable bonds is 6. The van der Waals surface area contributed by atoms with E-state index >= 15 is 0 Å². The van der Waals surface area contributed by atoms with Gasteiger partial charge in [-0.2, -0.15) is 0 Å². The molecule has 0 aliphatic heterocycles. The van der Waals surface area contributed by atoms with Gasteiger partial charge < -0.3 is 10.1 Å². The first kappa shape index (κ1) is 19.5. The number of amides is 1. The molecule has 0 radical (unpaired) electrons. The lowest BCUT2D eigenvalue weighted by Gasteiger charge is -2.06. The van der Waals surface area contributed by atoms with E-state index in [1.165, 1.54) is 24.3 Å². The fourth-order valence-corrected chi connectivity index (χ4v) is 3.44. The maximum Gasteiger partial charge on any atom is 0.341 e. The van der Waals surface area contributed by atoms with Crippen molar-refractivity contribution in [1.82, 2.24) is 0 Å². The first-order chi connectivity index (χ1) is 12.1. The molecule has 1 aromatic heterocycles. The van der Waals surface area contributed by atoms with Crippen LogP contribution in [0.4, 0.5) is 10.0 Å². The number of sulfone groups is 1. The normalized spacial score (nSPS) is 11.0. The van der Waals surface area contributed by atoms with E-state index in [1.807, 2.05) is 0 Å². The molecule has 2 aromatic rings. The van der Waals surface area contributed by atoms with Crippen LogP contribution in [0.2, 0.25) is 0 Å². The van der Waals surface area contributed by atoms with Gasteiger partial charge in [-0.25, -0.2) is 13.2 Å². The minimum atomic E-state index is -3.40. The Morgan fingerprint density at radius 3 is 2.38 bits per heavy atom. The zero-order valence-corrected chi connectivity index (χ0v) is 15.3. The Labute approximate surface area is 152 Å². The molecule has 1 aromatic carbocycles. The number of carbonyl (C=O) groups is 2. The summed E-state index contributed by atoms with van der Waals surface area (Å²) in [6.45, 7) is 1.66. The lowest BCUT2D eigenvalue weighted by atomic mass is 10.2. The van der Waals surface area contributed by atoms with Crippen molar-refractivity contribution < 1.29 is 27.7 Å². The standard InChI is InChI=1S/C15H14N2O7S2/c1-3-24-15(19)11-8-12(17(20)21)25-14(11)16-13(18)9-4-6-10(7-5-9)26(2,22)23/h4-8H,3H2,1-2H3,(H,16,18). The number of nitrogens with one attached hydrogen (secondary N) is 1. The molecule has 26 heavy (non-hydrogen) atoms. The van der Waals surface area contributed by atoms with Crippen molar-refractivity contribution in [1.29, 1.82) is 0 Å². The molecular weight excluding hydrogens is 384 g/mol. The van der Waals surface area contributed by atoms with Crippen LogP contribution in [0.5, 0.6) is 0 Å². The third kappa shape index (κ3) is 4.43. The molecule has 0 fully saturated rings. The molecule has 1 N–H and O–H groups in total. The van der Waals surface area contributed by atoms with Gasteiger partial charge in [0.15, 0.2) is 9.84 Å². The Kier molecular flexibility index (Phi) is 5.73. The summed E-state index contributed by atoms with van der Waals surface area (Å²) in [5, 5.41) is 13.0.